The molecule has 24 heavy (non-hydrogen) atoms. The zero-order chi connectivity index (χ0) is 17.7. The van der Waals surface area contributed by atoms with Crippen molar-refractivity contribution in [2.24, 2.45) is 0 Å². The fourth-order valence-electron chi connectivity index (χ4n) is 1.91. The molecule has 7 heteroatoms. The van der Waals surface area contributed by atoms with Gasteiger partial charge in [-0.1, -0.05) is 13.3 Å². The van der Waals surface area contributed by atoms with Gasteiger partial charge in [0.1, 0.15) is 5.82 Å². The summed E-state index contributed by atoms with van der Waals surface area (Å²) in [5.41, 5.74) is -0.0820. The molecule has 0 aliphatic heterocycles. The summed E-state index contributed by atoms with van der Waals surface area (Å²) >= 11 is 1.29. The van der Waals surface area contributed by atoms with Crippen molar-refractivity contribution in [2.45, 2.75) is 24.7 Å². The third-order valence-corrected chi connectivity index (χ3v) is 4.31. The number of hydrogen-bond acceptors (Lipinski definition) is 2. The molecule has 0 bridgehead atoms. The van der Waals surface area contributed by atoms with Crippen LogP contribution in [0.1, 0.15) is 30.1 Å². The first-order valence-electron chi connectivity index (χ1n) is 7.30. The molecule has 0 fully saturated rings. The lowest BCUT2D eigenvalue weighted by Crippen LogP contribution is -2.13. The van der Waals surface area contributed by atoms with Gasteiger partial charge in [0.15, 0.2) is 17.5 Å². The average Bonchev–Trinajstić information content (AvgIpc) is 2.54. The van der Waals surface area contributed by atoms with Crippen molar-refractivity contribution < 1.29 is 22.4 Å². The van der Waals surface area contributed by atoms with E-state index in [4.69, 9.17) is 0 Å². The number of anilines is 1. The summed E-state index contributed by atoms with van der Waals surface area (Å²) < 4.78 is 53.0. The summed E-state index contributed by atoms with van der Waals surface area (Å²) in [6, 6.07) is 5.16. The topological polar surface area (TPSA) is 29.1 Å². The molecule has 2 aromatic carbocycles. The fraction of sp³-hybridized carbons (Fsp3) is 0.235. The Kier molecular flexibility index (Phi) is 6.25. The summed E-state index contributed by atoms with van der Waals surface area (Å²) in [5.74, 6) is -4.80. The molecule has 0 spiro atoms. The molecule has 2 rings (SSSR count). The minimum Gasteiger partial charge on any atom is -0.322 e. The van der Waals surface area contributed by atoms with Gasteiger partial charge in [-0.2, -0.15) is 0 Å². The van der Waals surface area contributed by atoms with Crippen molar-refractivity contribution in [3.63, 3.8) is 0 Å². The number of rotatable bonds is 6. The van der Waals surface area contributed by atoms with Crippen LogP contribution in [-0.4, -0.2) is 11.7 Å². The van der Waals surface area contributed by atoms with Crippen molar-refractivity contribution in [3.8, 4) is 0 Å². The van der Waals surface area contributed by atoms with Crippen LogP contribution in [0.4, 0.5) is 23.2 Å². The van der Waals surface area contributed by atoms with Crippen molar-refractivity contribution in [2.75, 3.05) is 11.1 Å². The molecule has 0 unspecified atom stereocenters. The highest BCUT2D eigenvalue weighted by molar-refractivity contribution is 7.99. The summed E-state index contributed by atoms with van der Waals surface area (Å²) in [5, 5.41) is 2.26. The first-order valence-corrected chi connectivity index (χ1v) is 8.29. The molecule has 0 heterocycles. The second-order valence-corrected chi connectivity index (χ2v) is 6.19. The van der Waals surface area contributed by atoms with Crippen LogP contribution in [0.5, 0.6) is 0 Å². The van der Waals surface area contributed by atoms with Crippen LogP contribution in [0.25, 0.3) is 0 Å². The fourth-order valence-corrected chi connectivity index (χ4v) is 2.98. The van der Waals surface area contributed by atoms with E-state index in [-0.39, 0.29) is 11.3 Å². The molecule has 0 aliphatic rings. The smallest absolute Gasteiger partial charge is 0.255 e. The number of halogens is 4. The van der Waals surface area contributed by atoms with Gasteiger partial charge in [0.25, 0.3) is 5.91 Å². The van der Waals surface area contributed by atoms with E-state index < -0.39 is 29.2 Å². The summed E-state index contributed by atoms with van der Waals surface area (Å²) in [6.07, 6.45) is 1.88. The van der Waals surface area contributed by atoms with Gasteiger partial charge in [0.2, 0.25) is 0 Å². The number of nitrogens with one attached hydrogen (secondary N) is 1. The predicted molar refractivity (Wildman–Crippen MR) is 86.3 cm³/mol. The molecule has 128 valence electrons. The first-order chi connectivity index (χ1) is 11.4. The Morgan fingerprint density at radius 2 is 1.71 bits per heavy atom. The van der Waals surface area contributed by atoms with Gasteiger partial charge in [-0.05, 0) is 30.4 Å². The Hall–Kier alpha value is -2.02. The molecule has 0 aliphatic carbocycles. The molecule has 0 aromatic heterocycles. The zero-order valence-electron chi connectivity index (χ0n) is 12.8. The largest absolute Gasteiger partial charge is 0.322 e. The maximum absolute atomic E-state index is 13.7. The lowest BCUT2D eigenvalue weighted by Gasteiger charge is -2.08. The Morgan fingerprint density at radius 1 is 1.04 bits per heavy atom. The molecule has 2 aromatic rings. The van der Waals surface area contributed by atoms with Crippen LogP contribution >= 0.6 is 11.8 Å². The number of thioether (sulfide) groups is 1. The van der Waals surface area contributed by atoms with Gasteiger partial charge in [0, 0.05) is 28.3 Å². The Balaban J connectivity index is 2.16. The number of amides is 1. The van der Waals surface area contributed by atoms with Crippen molar-refractivity contribution in [3.05, 3.63) is 59.2 Å². The molecule has 1 N–H and O–H groups in total. The lowest BCUT2D eigenvalue weighted by atomic mass is 10.2. The van der Waals surface area contributed by atoms with Crippen molar-refractivity contribution in [1.29, 1.82) is 0 Å². The van der Waals surface area contributed by atoms with Crippen LogP contribution < -0.4 is 5.32 Å². The maximum atomic E-state index is 13.7. The van der Waals surface area contributed by atoms with Crippen LogP contribution in [0, 0.1) is 23.3 Å². The van der Waals surface area contributed by atoms with Crippen molar-refractivity contribution in [1.82, 2.24) is 0 Å². The highest BCUT2D eigenvalue weighted by Gasteiger charge is 2.14. The van der Waals surface area contributed by atoms with E-state index in [1.165, 1.54) is 23.9 Å². The van der Waals surface area contributed by atoms with Crippen molar-refractivity contribution >= 4 is 23.4 Å². The Labute approximate surface area is 141 Å². The molecule has 2 nitrogen and oxygen atoms in total. The van der Waals surface area contributed by atoms with E-state index in [1.54, 1.807) is 0 Å². The van der Waals surface area contributed by atoms with Crippen LogP contribution in [0.15, 0.2) is 35.2 Å². The van der Waals surface area contributed by atoms with Gasteiger partial charge >= 0.3 is 0 Å². The quantitative estimate of drug-likeness (QED) is 0.325. The minimum absolute atomic E-state index is 0.139. The number of carbonyl (C=O) groups is 1. The van der Waals surface area contributed by atoms with Crippen LogP contribution in [0.2, 0.25) is 0 Å². The second kappa shape index (κ2) is 8.19. The standard InChI is InChI=1S/C17H15F4NOS/c1-2-3-6-24-15-7-10(4-5-12(15)18)17(23)22-11-8-13(19)16(21)14(20)9-11/h4-5,7-9H,2-3,6H2,1H3,(H,22,23). The highest BCUT2D eigenvalue weighted by atomic mass is 32.2. The van der Waals surface area contributed by atoms with Crippen LogP contribution in [-0.2, 0) is 0 Å². The maximum Gasteiger partial charge on any atom is 0.255 e. The zero-order valence-corrected chi connectivity index (χ0v) is 13.7. The normalized spacial score (nSPS) is 10.7. The number of benzene rings is 2. The average molecular weight is 357 g/mol. The van der Waals surface area contributed by atoms with E-state index in [0.29, 0.717) is 22.8 Å². The third kappa shape index (κ3) is 4.50. The molecule has 1 amide bonds. The summed E-state index contributed by atoms with van der Waals surface area (Å²) in [7, 11) is 0. The first kappa shape index (κ1) is 18.3. The molecule has 0 radical (unpaired) electrons. The van der Waals surface area contributed by atoms with E-state index in [9.17, 15) is 22.4 Å². The predicted octanol–water partition coefficient (Wildman–Crippen LogP) is 5.39. The number of unbranched alkanes of at least 4 members (excludes halogenated alkanes) is 1. The molecule has 0 saturated heterocycles. The van der Waals surface area contributed by atoms with Gasteiger partial charge in [-0.25, -0.2) is 17.6 Å². The number of carbonyl (C=O) groups excluding carboxylic acids is 1. The summed E-state index contributed by atoms with van der Waals surface area (Å²) in [4.78, 5) is 12.5. The van der Waals surface area contributed by atoms with Gasteiger partial charge in [-0.15, -0.1) is 11.8 Å². The molecule has 0 saturated carbocycles. The van der Waals surface area contributed by atoms with E-state index in [2.05, 4.69) is 5.32 Å². The lowest BCUT2D eigenvalue weighted by molar-refractivity contribution is 0.102. The monoisotopic (exact) mass is 357 g/mol. The molecular weight excluding hydrogens is 342 g/mol. The van der Waals surface area contributed by atoms with Crippen LogP contribution in [0.3, 0.4) is 0 Å². The second-order valence-electron chi connectivity index (χ2n) is 5.06. The van der Waals surface area contributed by atoms with Gasteiger partial charge in [-0.3, -0.25) is 4.79 Å². The third-order valence-electron chi connectivity index (χ3n) is 3.19. The SMILES string of the molecule is CCCCSc1cc(C(=O)Nc2cc(F)c(F)c(F)c2)ccc1F. The van der Waals surface area contributed by atoms with E-state index >= 15 is 0 Å². The van der Waals surface area contributed by atoms with E-state index in [0.717, 1.165) is 18.9 Å². The Bertz CT molecular complexity index is 728. The van der Waals surface area contributed by atoms with Gasteiger partial charge < -0.3 is 5.32 Å². The highest BCUT2D eigenvalue weighted by Crippen LogP contribution is 2.25. The molecule has 0 atom stereocenters. The number of hydrogen-bond donors (Lipinski definition) is 1. The minimum atomic E-state index is -1.61. The van der Waals surface area contributed by atoms with E-state index in [1.807, 2.05) is 6.92 Å². The molecular formula is C17H15F4NOS. The Morgan fingerprint density at radius 3 is 2.33 bits per heavy atom. The summed E-state index contributed by atoms with van der Waals surface area (Å²) in [6.45, 7) is 2.02. The van der Waals surface area contributed by atoms with Gasteiger partial charge in [0.05, 0.1) is 0 Å².